The van der Waals surface area contributed by atoms with Crippen molar-refractivity contribution in [1.82, 2.24) is 0 Å². The van der Waals surface area contributed by atoms with Crippen LogP contribution in [-0.4, -0.2) is 21.0 Å². The van der Waals surface area contributed by atoms with Gasteiger partial charge in [0.2, 0.25) is 0 Å². The van der Waals surface area contributed by atoms with E-state index in [0.717, 1.165) is 25.7 Å². The zero-order valence-electron chi connectivity index (χ0n) is 9.79. The zero-order valence-corrected chi connectivity index (χ0v) is 12.8. The molecule has 1 atom stereocenters. The summed E-state index contributed by atoms with van der Waals surface area (Å²) < 4.78 is 11.4. The molecule has 0 radical (unpaired) electrons. The third kappa shape index (κ3) is 7.14. The molecule has 0 aliphatic heterocycles. The second-order valence-electron chi connectivity index (χ2n) is 3.26. The van der Waals surface area contributed by atoms with Gasteiger partial charge in [0.25, 0.3) is 0 Å². The molecule has 0 aromatic heterocycles. The van der Waals surface area contributed by atoms with Gasteiger partial charge in [-0.1, -0.05) is 52.4 Å². The summed E-state index contributed by atoms with van der Waals surface area (Å²) in [6.45, 7) is 4.11. The second kappa shape index (κ2) is 10.9. The van der Waals surface area contributed by atoms with E-state index in [9.17, 15) is 4.53 Å². The van der Waals surface area contributed by atoms with E-state index in [1.807, 2.05) is 42.3 Å². The lowest BCUT2D eigenvalue weighted by Crippen LogP contribution is -2.15. The van der Waals surface area contributed by atoms with Crippen LogP contribution in [0.3, 0.4) is 0 Å². The predicted molar refractivity (Wildman–Crippen MR) is 78.3 cm³/mol. The van der Waals surface area contributed by atoms with E-state index in [4.69, 9.17) is 5.11 Å². The molecule has 0 heterocycles. The van der Waals surface area contributed by atoms with Crippen LogP contribution in [-0.2, 0) is 4.86 Å². The molecule has 1 aliphatic rings. The van der Waals surface area contributed by atoms with Crippen LogP contribution in [0.25, 0.3) is 0 Å². The third-order valence-corrected chi connectivity index (χ3v) is 4.41. The van der Waals surface area contributed by atoms with Crippen LogP contribution >= 0.6 is 34.0 Å². The number of aliphatic hydroxyl groups is 1. The molecule has 94 valence electrons. The van der Waals surface area contributed by atoms with Crippen LogP contribution in [0.2, 0.25) is 0 Å². The molecule has 1 saturated carbocycles. The van der Waals surface area contributed by atoms with E-state index in [1.165, 1.54) is 17.2 Å². The van der Waals surface area contributed by atoms with Crippen molar-refractivity contribution in [3.05, 3.63) is 11.6 Å². The maximum absolute atomic E-state index is 11.8. The molecule has 0 saturated heterocycles. The average molecular weight is 360 g/mol. The summed E-state index contributed by atoms with van der Waals surface area (Å²) in [4.78, 5) is 3.73. The first-order valence-corrected chi connectivity index (χ1v) is 7.80. The fourth-order valence-electron chi connectivity index (χ4n) is 1.66. The Morgan fingerprint density at radius 2 is 2.38 bits per heavy atom. The Bertz CT molecular complexity index is 207. The molecular weight excluding hydrogens is 341 g/mol. The van der Waals surface area contributed by atoms with E-state index in [0.29, 0.717) is 5.25 Å². The molecule has 6 heteroatoms. The number of hydrogen-bond acceptors (Lipinski definition) is 3. The second-order valence-corrected chi connectivity index (χ2v) is 6.61. The van der Waals surface area contributed by atoms with Gasteiger partial charge in [-0.15, -0.1) is 0 Å². The summed E-state index contributed by atoms with van der Waals surface area (Å²) in [6, 6.07) is 0. The maximum atomic E-state index is 11.8. The highest BCUT2D eigenvalue weighted by Crippen LogP contribution is 2.34. The standard InChI is InChI=1S/C8H13BFIO2S.C2H6/c10-13-9(11)14-8-3-1-2-7(6-8)4-5-12;1-2/h4,8,12H,1-3,5-6H2;1-2H3/b7-4-;. The normalized spacial score (nSPS) is 22.6. The minimum atomic E-state index is -0.411. The maximum Gasteiger partial charge on any atom is 0.479 e. The van der Waals surface area contributed by atoms with Gasteiger partial charge in [0.05, 0.1) is 6.61 Å². The fourth-order valence-corrected chi connectivity index (χ4v) is 3.86. The smallest absolute Gasteiger partial charge is 0.392 e. The minimum Gasteiger partial charge on any atom is -0.392 e. The number of rotatable bonds is 4. The van der Waals surface area contributed by atoms with Gasteiger partial charge in [-0.05, 0) is 25.7 Å². The topological polar surface area (TPSA) is 29.5 Å². The van der Waals surface area contributed by atoms with Gasteiger partial charge < -0.3 is 5.11 Å². The Kier molecular flexibility index (Phi) is 11.4. The lowest BCUT2D eigenvalue weighted by molar-refractivity contribution is 0.00125. The van der Waals surface area contributed by atoms with E-state index >= 15 is 0 Å². The summed E-state index contributed by atoms with van der Waals surface area (Å²) in [7, 11) is 0. The van der Waals surface area contributed by atoms with Crippen molar-refractivity contribution in [2.24, 2.45) is 0 Å². The monoisotopic (exact) mass is 360 g/mol. The fraction of sp³-hybridized carbons (Fsp3) is 0.800. The van der Waals surface area contributed by atoms with Crippen LogP contribution in [0, 0.1) is 0 Å². The molecule has 1 fully saturated rings. The molecule has 0 spiro atoms. The molecule has 1 N–H and O–H groups in total. The van der Waals surface area contributed by atoms with Gasteiger partial charge in [-0.25, -0.2) is 4.86 Å². The van der Waals surface area contributed by atoms with Gasteiger partial charge >= 0.3 is 4.05 Å². The van der Waals surface area contributed by atoms with E-state index < -0.39 is 4.05 Å². The Hall–Kier alpha value is 0.735. The van der Waals surface area contributed by atoms with Gasteiger partial charge in [-0.2, -0.15) is 11.6 Å². The molecule has 0 bridgehead atoms. The molecule has 0 aromatic carbocycles. The van der Waals surface area contributed by atoms with Gasteiger partial charge in [0.1, 0.15) is 0 Å². The van der Waals surface area contributed by atoms with Crippen LogP contribution < -0.4 is 0 Å². The Labute approximate surface area is 115 Å². The molecule has 0 amide bonds. The SMILES string of the molecule is CC.OC/C=C1/CCCC(SB(I)OF)C1. The summed E-state index contributed by atoms with van der Waals surface area (Å²) in [5.41, 5.74) is 1.29. The largest absolute Gasteiger partial charge is 0.479 e. The number of hydrogen-bond donors (Lipinski definition) is 1. The van der Waals surface area contributed by atoms with E-state index in [1.54, 1.807) is 0 Å². The Morgan fingerprint density at radius 1 is 1.69 bits per heavy atom. The van der Waals surface area contributed by atoms with Crippen molar-refractivity contribution in [3.8, 4) is 0 Å². The summed E-state index contributed by atoms with van der Waals surface area (Å²) >= 11 is 3.45. The summed E-state index contributed by atoms with van der Waals surface area (Å²) in [6.07, 6.45) is 6.12. The average Bonchev–Trinajstić information content (AvgIpc) is 2.32. The predicted octanol–water partition coefficient (Wildman–Crippen LogP) is 3.93. The van der Waals surface area contributed by atoms with Crippen molar-refractivity contribution >= 4 is 38.0 Å². The highest BCUT2D eigenvalue weighted by molar-refractivity contribution is 14.1. The van der Waals surface area contributed by atoms with Crippen LogP contribution in [0.4, 0.5) is 4.53 Å². The highest BCUT2D eigenvalue weighted by Gasteiger charge is 2.24. The van der Waals surface area contributed by atoms with Gasteiger partial charge in [0, 0.05) is 5.25 Å². The molecule has 1 rings (SSSR count). The first-order valence-electron chi connectivity index (χ1n) is 5.62. The Morgan fingerprint density at radius 3 is 2.94 bits per heavy atom. The van der Waals surface area contributed by atoms with Gasteiger partial charge in [-0.3, -0.25) is 0 Å². The van der Waals surface area contributed by atoms with Crippen LogP contribution in [0.15, 0.2) is 11.6 Å². The number of aliphatic hydroxyl groups excluding tert-OH is 1. The first-order chi connectivity index (χ1) is 7.76. The lowest BCUT2D eigenvalue weighted by Gasteiger charge is -2.23. The van der Waals surface area contributed by atoms with Crippen LogP contribution in [0.5, 0.6) is 0 Å². The van der Waals surface area contributed by atoms with Crippen molar-refractivity contribution < 1.29 is 14.5 Å². The number of halogens is 2. The Balaban J connectivity index is 0.00000106. The third-order valence-electron chi connectivity index (χ3n) is 2.26. The summed E-state index contributed by atoms with van der Waals surface area (Å²) in [5, 5.41) is 9.19. The molecule has 1 unspecified atom stereocenters. The molecule has 16 heavy (non-hydrogen) atoms. The highest BCUT2D eigenvalue weighted by atomic mass is 127. The van der Waals surface area contributed by atoms with Crippen molar-refractivity contribution in [2.45, 2.75) is 44.8 Å². The lowest BCUT2D eigenvalue weighted by atomic mass is 9.94. The molecular formula is C10H19BFIO2S. The first kappa shape index (κ1) is 16.7. The summed E-state index contributed by atoms with van der Waals surface area (Å²) in [5.74, 6) is 0. The van der Waals surface area contributed by atoms with Crippen molar-refractivity contribution in [1.29, 1.82) is 0 Å². The van der Waals surface area contributed by atoms with Gasteiger partial charge in [0.15, 0.2) is 0 Å². The molecule has 0 aromatic rings. The minimum absolute atomic E-state index is 0.111. The quantitative estimate of drug-likeness (QED) is 0.468. The number of allylic oxidation sites excluding steroid dienone is 1. The van der Waals surface area contributed by atoms with Crippen molar-refractivity contribution in [2.75, 3.05) is 6.61 Å². The van der Waals surface area contributed by atoms with E-state index in [2.05, 4.69) is 4.86 Å². The van der Waals surface area contributed by atoms with Crippen molar-refractivity contribution in [3.63, 3.8) is 0 Å². The zero-order chi connectivity index (χ0) is 12.4. The molecule has 2 nitrogen and oxygen atoms in total. The van der Waals surface area contributed by atoms with Crippen LogP contribution in [0.1, 0.15) is 39.5 Å². The molecule has 1 aliphatic carbocycles. The van der Waals surface area contributed by atoms with E-state index in [-0.39, 0.29) is 6.61 Å².